The molecular weight excluding hydrogens is 268 g/mol. The van der Waals surface area contributed by atoms with Crippen LogP contribution < -0.4 is 10.2 Å². The highest BCUT2D eigenvalue weighted by Gasteiger charge is 2.18. The molecule has 1 unspecified atom stereocenters. The van der Waals surface area contributed by atoms with Gasteiger partial charge in [-0.25, -0.2) is 4.98 Å². The lowest BCUT2D eigenvalue weighted by Gasteiger charge is -2.21. The van der Waals surface area contributed by atoms with E-state index < -0.39 is 0 Å². The van der Waals surface area contributed by atoms with E-state index in [-0.39, 0.29) is 17.1 Å². The van der Waals surface area contributed by atoms with E-state index >= 15 is 0 Å². The smallest absolute Gasteiger partial charge is 0.226 e. The molecule has 1 atom stereocenters. The highest BCUT2D eigenvalue weighted by atomic mass is 35.5. The van der Waals surface area contributed by atoms with Gasteiger partial charge in [0.25, 0.3) is 0 Å². The molecule has 0 aliphatic heterocycles. The molecule has 0 spiro atoms. The highest BCUT2D eigenvalue weighted by Crippen LogP contribution is 2.22. The Bertz CT molecular complexity index is 598. The van der Waals surface area contributed by atoms with Crippen LogP contribution in [-0.2, 0) is 4.79 Å². The summed E-state index contributed by atoms with van der Waals surface area (Å²) in [5.41, 5.74) is 1.21. The maximum atomic E-state index is 11.5. The van der Waals surface area contributed by atoms with E-state index in [1.54, 1.807) is 7.05 Å². The molecule has 2 rings (SSSR count). The van der Waals surface area contributed by atoms with Crippen molar-refractivity contribution in [3.63, 3.8) is 0 Å². The Morgan fingerprint density at radius 3 is 3.00 bits per heavy atom. The van der Waals surface area contributed by atoms with Crippen molar-refractivity contribution in [3.8, 4) is 0 Å². The molecule has 0 bridgehead atoms. The number of nitrogens with zero attached hydrogens (tertiary/aromatic N) is 4. The molecule has 0 saturated carbocycles. The van der Waals surface area contributed by atoms with Crippen LogP contribution in [0, 0.1) is 5.92 Å². The fourth-order valence-corrected chi connectivity index (χ4v) is 2.05. The Hall–Kier alpha value is -1.89. The fraction of sp³-hybridized carbons (Fsp3) is 0.455. The van der Waals surface area contributed by atoms with Gasteiger partial charge in [0.05, 0.1) is 12.2 Å². The second kappa shape index (κ2) is 5.40. The molecule has 0 fully saturated rings. The van der Waals surface area contributed by atoms with Gasteiger partial charge in [-0.3, -0.25) is 4.79 Å². The van der Waals surface area contributed by atoms with Gasteiger partial charge in [0.15, 0.2) is 11.5 Å². The second-order valence-electron chi connectivity index (χ2n) is 4.31. The van der Waals surface area contributed by atoms with E-state index in [2.05, 4.69) is 25.3 Å². The number of halogens is 1. The summed E-state index contributed by atoms with van der Waals surface area (Å²) in [6, 6.07) is 0. The zero-order valence-electron chi connectivity index (χ0n) is 10.9. The van der Waals surface area contributed by atoms with Crippen LogP contribution in [0.25, 0.3) is 11.2 Å². The number of amides is 1. The highest BCUT2D eigenvalue weighted by molar-refractivity contribution is 6.28. The lowest BCUT2D eigenvalue weighted by atomic mass is 10.1. The number of hydrogen-bond donors (Lipinski definition) is 2. The van der Waals surface area contributed by atoms with Gasteiger partial charge in [-0.15, -0.1) is 0 Å². The van der Waals surface area contributed by atoms with Gasteiger partial charge in [0, 0.05) is 20.6 Å². The van der Waals surface area contributed by atoms with Crippen molar-refractivity contribution in [2.75, 3.05) is 25.5 Å². The Labute approximate surface area is 115 Å². The number of aromatic amines is 1. The molecule has 2 heterocycles. The van der Waals surface area contributed by atoms with Gasteiger partial charge in [0.2, 0.25) is 11.2 Å². The number of carbonyl (C=O) groups is 1. The van der Waals surface area contributed by atoms with E-state index in [0.29, 0.717) is 23.5 Å². The van der Waals surface area contributed by atoms with Crippen molar-refractivity contribution in [2.45, 2.75) is 6.92 Å². The van der Waals surface area contributed by atoms with Gasteiger partial charge in [-0.2, -0.15) is 9.97 Å². The minimum Gasteiger partial charge on any atom is -0.359 e. The van der Waals surface area contributed by atoms with Crippen LogP contribution in [0.3, 0.4) is 0 Å². The standard InChI is InChI=1S/C11H15ClN6O/c1-6(10(19)13-2)4-18(3)9-7-8(15-5-14-7)16-11(12)17-9/h5-6H,4H2,1-3H3,(H,13,19)(H,14,15,16,17). The molecule has 0 aliphatic rings. The van der Waals surface area contributed by atoms with E-state index in [0.717, 1.165) is 0 Å². The summed E-state index contributed by atoms with van der Waals surface area (Å²) < 4.78 is 0. The largest absolute Gasteiger partial charge is 0.359 e. The second-order valence-corrected chi connectivity index (χ2v) is 4.65. The summed E-state index contributed by atoms with van der Waals surface area (Å²) >= 11 is 5.87. The normalized spacial score (nSPS) is 12.4. The predicted molar refractivity (Wildman–Crippen MR) is 73.2 cm³/mol. The summed E-state index contributed by atoms with van der Waals surface area (Å²) in [7, 11) is 3.46. The topological polar surface area (TPSA) is 86.8 Å². The molecular formula is C11H15ClN6O. The van der Waals surface area contributed by atoms with Gasteiger partial charge in [0.1, 0.15) is 5.52 Å². The first-order valence-electron chi connectivity index (χ1n) is 5.82. The van der Waals surface area contributed by atoms with Crippen molar-refractivity contribution in [1.29, 1.82) is 0 Å². The quantitative estimate of drug-likeness (QED) is 0.811. The number of nitrogens with one attached hydrogen (secondary N) is 2. The Balaban J connectivity index is 2.28. The summed E-state index contributed by atoms with van der Waals surface area (Å²) in [5, 5.41) is 2.75. The molecule has 102 valence electrons. The maximum absolute atomic E-state index is 11.5. The SMILES string of the molecule is CNC(=O)C(C)CN(C)c1nc(Cl)nc2nc[nH]c12. The number of hydrogen-bond acceptors (Lipinski definition) is 5. The molecule has 0 saturated heterocycles. The molecule has 2 N–H and O–H groups in total. The molecule has 0 aliphatic carbocycles. The number of fused-ring (bicyclic) bond motifs is 1. The zero-order valence-corrected chi connectivity index (χ0v) is 11.7. The Morgan fingerprint density at radius 2 is 2.32 bits per heavy atom. The van der Waals surface area contributed by atoms with Crippen LogP contribution in [0.2, 0.25) is 5.28 Å². The van der Waals surface area contributed by atoms with E-state index in [4.69, 9.17) is 11.6 Å². The first-order valence-corrected chi connectivity index (χ1v) is 6.20. The van der Waals surface area contributed by atoms with Crippen molar-refractivity contribution in [2.24, 2.45) is 5.92 Å². The summed E-state index contributed by atoms with van der Waals surface area (Å²) in [5.74, 6) is 0.442. The minimum absolute atomic E-state index is 0.0205. The molecule has 0 aromatic carbocycles. The van der Waals surface area contributed by atoms with Gasteiger partial charge < -0.3 is 15.2 Å². The first-order chi connectivity index (χ1) is 9.02. The van der Waals surface area contributed by atoms with Crippen LogP contribution in [0.5, 0.6) is 0 Å². The van der Waals surface area contributed by atoms with E-state index in [1.165, 1.54) is 6.33 Å². The molecule has 1 amide bonds. The lowest BCUT2D eigenvalue weighted by Crippen LogP contribution is -2.34. The third kappa shape index (κ3) is 2.76. The minimum atomic E-state index is -0.165. The van der Waals surface area contributed by atoms with E-state index in [1.807, 2.05) is 18.9 Å². The average Bonchev–Trinajstić information content (AvgIpc) is 2.84. The molecule has 7 nitrogen and oxygen atoms in total. The summed E-state index contributed by atoms with van der Waals surface area (Å²) in [6.45, 7) is 2.36. The number of aromatic nitrogens is 4. The van der Waals surface area contributed by atoms with Crippen LogP contribution in [0.4, 0.5) is 5.82 Å². The number of carbonyl (C=O) groups excluding carboxylic acids is 1. The third-order valence-corrected chi connectivity index (χ3v) is 3.01. The number of anilines is 1. The van der Waals surface area contributed by atoms with Crippen molar-refractivity contribution >= 4 is 34.5 Å². The average molecular weight is 283 g/mol. The zero-order chi connectivity index (χ0) is 14.0. The number of H-pyrrole nitrogens is 1. The molecule has 2 aromatic heterocycles. The molecule has 2 aromatic rings. The predicted octanol–water partition coefficient (Wildman–Crippen LogP) is 0.825. The summed E-state index contributed by atoms with van der Waals surface area (Å²) in [4.78, 5) is 28.6. The van der Waals surface area contributed by atoms with Gasteiger partial charge in [-0.05, 0) is 11.6 Å². The number of rotatable bonds is 4. The van der Waals surface area contributed by atoms with Crippen molar-refractivity contribution in [3.05, 3.63) is 11.6 Å². The van der Waals surface area contributed by atoms with Gasteiger partial charge in [-0.1, -0.05) is 6.92 Å². The lowest BCUT2D eigenvalue weighted by molar-refractivity contribution is -0.123. The van der Waals surface area contributed by atoms with Crippen molar-refractivity contribution in [1.82, 2.24) is 25.3 Å². The van der Waals surface area contributed by atoms with Gasteiger partial charge >= 0.3 is 0 Å². The van der Waals surface area contributed by atoms with Crippen LogP contribution in [0.1, 0.15) is 6.92 Å². The first kappa shape index (κ1) is 13.5. The summed E-state index contributed by atoms with van der Waals surface area (Å²) in [6.07, 6.45) is 1.54. The monoisotopic (exact) mass is 282 g/mol. The third-order valence-electron chi connectivity index (χ3n) is 2.84. The van der Waals surface area contributed by atoms with Crippen LogP contribution in [0.15, 0.2) is 6.33 Å². The molecule has 0 radical (unpaired) electrons. The Kier molecular flexibility index (Phi) is 3.84. The fourth-order valence-electron chi connectivity index (χ4n) is 1.89. The van der Waals surface area contributed by atoms with Crippen LogP contribution in [-0.4, -0.2) is 46.5 Å². The van der Waals surface area contributed by atoms with Crippen molar-refractivity contribution < 1.29 is 4.79 Å². The Morgan fingerprint density at radius 1 is 1.58 bits per heavy atom. The molecule has 8 heteroatoms. The maximum Gasteiger partial charge on any atom is 0.226 e. The van der Waals surface area contributed by atoms with E-state index in [9.17, 15) is 4.79 Å². The molecule has 19 heavy (non-hydrogen) atoms. The van der Waals surface area contributed by atoms with Crippen LogP contribution >= 0.6 is 11.6 Å². The number of imidazole rings is 1.